The fourth-order valence-corrected chi connectivity index (χ4v) is 3.41. The molecule has 0 aromatic carbocycles. The maximum Gasteiger partial charge on any atom is 0.301 e. The van der Waals surface area contributed by atoms with Crippen molar-refractivity contribution in [1.29, 1.82) is 0 Å². The lowest BCUT2D eigenvalue weighted by Gasteiger charge is -2.27. The van der Waals surface area contributed by atoms with E-state index in [0.717, 1.165) is 0 Å². The van der Waals surface area contributed by atoms with E-state index in [4.69, 9.17) is 0 Å². The molecular weight excluding hydrogens is 320 g/mol. The predicted octanol–water partition coefficient (Wildman–Crippen LogP) is 0.714. The van der Waals surface area contributed by atoms with Crippen LogP contribution in [-0.2, 0) is 10.2 Å². The Hall–Kier alpha value is -0.700. The van der Waals surface area contributed by atoms with Gasteiger partial charge in [-0.05, 0) is 35.0 Å². The highest BCUT2D eigenvalue weighted by atomic mass is 79.9. The van der Waals surface area contributed by atoms with Crippen molar-refractivity contribution in [3.8, 4) is 0 Å². The van der Waals surface area contributed by atoms with E-state index in [0.29, 0.717) is 42.2 Å². The Morgan fingerprint density at radius 2 is 2.06 bits per heavy atom. The van der Waals surface area contributed by atoms with Crippen molar-refractivity contribution in [2.24, 2.45) is 0 Å². The number of anilines is 1. The molecule has 0 unspecified atom stereocenters. The van der Waals surface area contributed by atoms with E-state index in [1.165, 1.54) is 4.31 Å². The first kappa shape index (κ1) is 13.7. The van der Waals surface area contributed by atoms with Crippen LogP contribution in [0.25, 0.3) is 0 Å². The van der Waals surface area contributed by atoms with E-state index >= 15 is 0 Å². The van der Waals surface area contributed by atoms with Crippen LogP contribution in [0.4, 0.5) is 5.69 Å². The summed E-state index contributed by atoms with van der Waals surface area (Å²) in [6.07, 6.45) is 0. The third-order valence-electron chi connectivity index (χ3n) is 2.71. The van der Waals surface area contributed by atoms with Crippen molar-refractivity contribution in [2.45, 2.75) is 6.92 Å². The first-order valence-corrected chi connectivity index (χ1v) is 7.84. The summed E-state index contributed by atoms with van der Waals surface area (Å²) in [4.78, 5) is 4.16. The SMILES string of the molecule is Cc1nc(Br)ccc1NS(=O)(=O)N1CCNCC1. The fraction of sp³-hybridized carbons (Fsp3) is 0.500. The van der Waals surface area contributed by atoms with E-state index in [1.807, 2.05) is 0 Å². The average Bonchev–Trinajstić information content (AvgIpc) is 2.34. The Morgan fingerprint density at radius 1 is 1.39 bits per heavy atom. The van der Waals surface area contributed by atoms with Gasteiger partial charge in [-0.1, -0.05) is 0 Å². The number of nitrogens with zero attached hydrogens (tertiary/aromatic N) is 2. The van der Waals surface area contributed by atoms with Gasteiger partial charge in [0.1, 0.15) is 4.60 Å². The third kappa shape index (κ3) is 3.19. The van der Waals surface area contributed by atoms with Gasteiger partial charge in [0.05, 0.1) is 11.4 Å². The highest BCUT2D eigenvalue weighted by molar-refractivity contribution is 9.10. The first-order chi connectivity index (χ1) is 8.49. The Morgan fingerprint density at radius 3 is 2.67 bits per heavy atom. The van der Waals surface area contributed by atoms with Crippen LogP contribution < -0.4 is 10.0 Å². The summed E-state index contributed by atoms with van der Waals surface area (Å²) in [5, 5.41) is 3.12. The number of halogens is 1. The molecule has 1 fully saturated rings. The molecule has 0 amide bonds. The van der Waals surface area contributed by atoms with Crippen LogP contribution in [0.15, 0.2) is 16.7 Å². The lowest BCUT2D eigenvalue weighted by atomic mass is 10.3. The zero-order valence-electron chi connectivity index (χ0n) is 9.98. The largest absolute Gasteiger partial charge is 0.314 e. The standard InChI is InChI=1S/C10H15BrN4O2S/c1-8-9(2-3-10(11)13-8)14-18(16,17)15-6-4-12-5-7-15/h2-3,12,14H,4-7H2,1H3. The lowest BCUT2D eigenvalue weighted by Crippen LogP contribution is -2.48. The monoisotopic (exact) mass is 334 g/mol. The van der Waals surface area contributed by atoms with Crippen molar-refractivity contribution in [3.05, 3.63) is 22.4 Å². The third-order valence-corrected chi connectivity index (χ3v) is 4.67. The molecule has 0 bridgehead atoms. The van der Waals surface area contributed by atoms with Gasteiger partial charge >= 0.3 is 10.2 Å². The molecule has 1 aromatic rings. The average molecular weight is 335 g/mol. The highest BCUT2D eigenvalue weighted by Crippen LogP contribution is 2.18. The molecule has 2 heterocycles. The number of aromatic nitrogens is 1. The number of aryl methyl sites for hydroxylation is 1. The minimum Gasteiger partial charge on any atom is -0.314 e. The molecule has 0 spiro atoms. The molecule has 8 heteroatoms. The molecule has 0 atom stereocenters. The van der Waals surface area contributed by atoms with Gasteiger partial charge < -0.3 is 5.32 Å². The summed E-state index contributed by atoms with van der Waals surface area (Å²) in [6.45, 7) is 4.09. The molecule has 100 valence electrons. The molecule has 2 rings (SSSR count). The minimum absolute atomic E-state index is 0.484. The van der Waals surface area contributed by atoms with Crippen LogP contribution in [0, 0.1) is 6.92 Å². The van der Waals surface area contributed by atoms with Crippen molar-refractivity contribution >= 4 is 31.8 Å². The van der Waals surface area contributed by atoms with E-state index in [2.05, 4.69) is 31.0 Å². The molecule has 1 aromatic heterocycles. The molecule has 6 nitrogen and oxygen atoms in total. The number of pyridine rings is 1. The number of hydrogen-bond acceptors (Lipinski definition) is 4. The lowest BCUT2D eigenvalue weighted by molar-refractivity contribution is 0.362. The van der Waals surface area contributed by atoms with Crippen molar-refractivity contribution in [2.75, 3.05) is 30.9 Å². The van der Waals surface area contributed by atoms with Crippen LogP contribution in [0.1, 0.15) is 5.69 Å². The number of nitrogens with one attached hydrogen (secondary N) is 2. The van der Waals surface area contributed by atoms with Gasteiger partial charge in [0.25, 0.3) is 0 Å². The smallest absolute Gasteiger partial charge is 0.301 e. The first-order valence-electron chi connectivity index (χ1n) is 5.61. The Kier molecular flexibility index (Phi) is 4.21. The van der Waals surface area contributed by atoms with Gasteiger partial charge in [0.15, 0.2) is 0 Å². The van der Waals surface area contributed by atoms with E-state index in [9.17, 15) is 8.42 Å². The van der Waals surface area contributed by atoms with E-state index < -0.39 is 10.2 Å². The number of rotatable bonds is 3. The molecule has 0 radical (unpaired) electrons. The van der Waals surface area contributed by atoms with Gasteiger partial charge in [-0.2, -0.15) is 12.7 Å². The molecule has 2 N–H and O–H groups in total. The molecule has 18 heavy (non-hydrogen) atoms. The topological polar surface area (TPSA) is 74.3 Å². The molecular formula is C10H15BrN4O2S. The maximum atomic E-state index is 12.1. The summed E-state index contributed by atoms with van der Waals surface area (Å²) in [5.74, 6) is 0. The molecule has 0 aliphatic carbocycles. The minimum atomic E-state index is -3.48. The van der Waals surface area contributed by atoms with Crippen LogP contribution in [0.5, 0.6) is 0 Å². The molecule has 1 aliphatic heterocycles. The zero-order valence-corrected chi connectivity index (χ0v) is 12.4. The van der Waals surface area contributed by atoms with Crippen molar-refractivity contribution < 1.29 is 8.42 Å². The number of piperazine rings is 1. The quantitative estimate of drug-likeness (QED) is 0.798. The molecule has 1 aliphatic rings. The van der Waals surface area contributed by atoms with E-state index in [1.54, 1.807) is 19.1 Å². The summed E-state index contributed by atoms with van der Waals surface area (Å²) >= 11 is 3.25. The van der Waals surface area contributed by atoms with Crippen LogP contribution in [0.3, 0.4) is 0 Å². The highest BCUT2D eigenvalue weighted by Gasteiger charge is 2.24. The van der Waals surface area contributed by atoms with Gasteiger partial charge in [0, 0.05) is 26.2 Å². The van der Waals surface area contributed by atoms with Gasteiger partial charge in [-0.15, -0.1) is 0 Å². The second-order valence-electron chi connectivity index (χ2n) is 4.02. The van der Waals surface area contributed by atoms with Gasteiger partial charge in [0.2, 0.25) is 0 Å². The van der Waals surface area contributed by atoms with E-state index in [-0.39, 0.29) is 0 Å². The van der Waals surface area contributed by atoms with Crippen LogP contribution >= 0.6 is 15.9 Å². The molecule has 1 saturated heterocycles. The predicted molar refractivity (Wildman–Crippen MR) is 73.7 cm³/mol. The zero-order chi connectivity index (χ0) is 13.2. The van der Waals surface area contributed by atoms with Crippen molar-refractivity contribution in [1.82, 2.24) is 14.6 Å². The normalized spacial score (nSPS) is 17.7. The maximum absolute atomic E-state index is 12.1. The Bertz CT molecular complexity index is 529. The van der Waals surface area contributed by atoms with Gasteiger partial charge in [-0.25, -0.2) is 4.98 Å². The van der Waals surface area contributed by atoms with Crippen LogP contribution in [0.2, 0.25) is 0 Å². The second kappa shape index (κ2) is 5.52. The van der Waals surface area contributed by atoms with Gasteiger partial charge in [-0.3, -0.25) is 4.72 Å². The summed E-state index contributed by atoms with van der Waals surface area (Å²) < 4.78 is 29.0. The summed E-state index contributed by atoms with van der Waals surface area (Å²) in [6, 6.07) is 3.41. The fourth-order valence-electron chi connectivity index (χ4n) is 1.73. The second-order valence-corrected chi connectivity index (χ2v) is 6.51. The summed E-state index contributed by atoms with van der Waals surface area (Å²) in [7, 11) is -3.48. The summed E-state index contributed by atoms with van der Waals surface area (Å²) in [5.41, 5.74) is 1.15. The Labute approximate surface area is 115 Å². The van der Waals surface area contributed by atoms with Crippen molar-refractivity contribution in [3.63, 3.8) is 0 Å². The molecule has 0 saturated carbocycles. The number of hydrogen-bond donors (Lipinski definition) is 2. The Balaban J connectivity index is 2.16. The van der Waals surface area contributed by atoms with Crippen LogP contribution in [-0.4, -0.2) is 43.9 Å².